The van der Waals surface area contributed by atoms with Crippen LogP contribution in [0.15, 0.2) is 0 Å². The molecule has 0 unspecified atom stereocenters. The normalized spacial score (nSPS) is 8.86. The minimum atomic E-state index is 0.000772. The second kappa shape index (κ2) is 7.35. The Kier molecular flexibility index (Phi) is 8.77. The van der Waals surface area contributed by atoms with Gasteiger partial charge in [0.15, 0.2) is 0 Å². The molecule has 0 bridgehead atoms. The molecule has 0 radical (unpaired) electrons. The van der Waals surface area contributed by atoms with Crippen LogP contribution in [0.2, 0.25) is 4.14 Å². The van der Waals surface area contributed by atoms with Crippen LogP contribution in [0.1, 0.15) is 26.7 Å². The average molecular weight is 230 g/mol. The van der Waals surface area contributed by atoms with E-state index in [2.05, 4.69) is 13.8 Å². The molecule has 0 atom stereocenters. The number of rotatable bonds is 4. The molecule has 0 spiro atoms. The summed E-state index contributed by atoms with van der Waals surface area (Å²) in [6.07, 6.45) is 2.90. The Morgan fingerprint density at radius 1 is 1.00 bits per heavy atom. The summed E-state index contributed by atoms with van der Waals surface area (Å²) in [4.78, 5) is 0. The molecule has 1 heteroatoms. The second-order valence-corrected chi connectivity index (χ2v) is 6.56. The Labute approximate surface area is 66.8 Å². The van der Waals surface area contributed by atoms with Gasteiger partial charge in [-0.1, -0.05) is 0 Å². The van der Waals surface area contributed by atoms with Crippen molar-refractivity contribution < 1.29 is 36.7 Å². The SMILES string of the molecule is CC[CH2][Nd][CH2]CC. The van der Waals surface area contributed by atoms with Crippen molar-refractivity contribution in [3.8, 4) is 0 Å². The molecule has 0 amide bonds. The van der Waals surface area contributed by atoms with Gasteiger partial charge in [0.1, 0.15) is 0 Å². The third-order valence-electron chi connectivity index (χ3n) is 0.854. The standard InChI is InChI=1S/2C3H7.Nd/c2*1-3-2;/h2*1,3H2,2H3;. The predicted molar refractivity (Wildman–Crippen MR) is 30.2 cm³/mol. The van der Waals surface area contributed by atoms with Crippen molar-refractivity contribution in [1.29, 1.82) is 0 Å². The first-order valence-electron chi connectivity index (χ1n) is 3.12. The fourth-order valence-corrected chi connectivity index (χ4v) is 3.55. The number of hydrogen-bond donors (Lipinski definition) is 0. The van der Waals surface area contributed by atoms with Gasteiger partial charge in [-0.25, -0.2) is 0 Å². The van der Waals surface area contributed by atoms with Crippen LogP contribution < -0.4 is 0 Å². The van der Waals surface area contributed by atoms with E-state index < -0.39 is 0 Å². The van der Waals surface area contributed by atoms with E-state index in [0.717, 1.165) is 0 Å². The molecule has 42 valence electrons. The maximum absolute atomic E-state index is 2.29. The van der Waals surface area contributed by atoms with Crippen molar-refractivity contribution >= 4 is 0 Å². The van der Waals surface area contributed by atoms with E-state index >= 15 is 0 Å². The van der Waals surface area contributed by atoms with Gasteiger partial charge in [-0.2, -0.15) is 0 Å². The monoisotopic (exact) mass is 228 g/mol. The molecule has 0 aromatic heterocycles. The third kappa shape index (κ3) is 7.35. The van der Waals surface area contributed by atoms with Crippen molar-refractivity contribution in [3.05, 3.63) is 0 Å². The molecule has 0 aromatic carbocycles. The van der Waals surface area contributed by atoms with Crippen molar-refractivity contribution in [3.63, 3.8) is 0 Å². The van der Waals surface area contributed by atoms with Crippen LogP contribution in [0.4, 0.5) is 0 Å². The first-order valence-corrected chi connectivity index (χ1v) is 7.66. The van der Waals surface area contributed by atoms with Gasteiger partial charge in [0, 0.05) is 0 Å². The molecule has 0 N–H and O–H groups in total. The molecule has 0 rings (SSSR count). The van der Waals surface area contributed by atoms with Crippen LogP contribution in [0, 0.1) is 36.7 Å². The summed E-state index contributed by atoms with van der Waals surface area (Å²) in [7, 11) is 0. The third-order valence-corrected chi connectivity index (χ3v) is 6.33. The van der Waals surface area contributed by atoms with E-state index in [-0.39, 0.29) is 36.7 Å². The summed E-state index contributed by atoms with van der Waals surface area (Å²) in [5, 5.41) is 0. The van der Waals surface area contributed by atoms with Gasteiger partial charge >= 0.3 is 67.5 Å². The summed E-state index contributed by atoms with van der Waals surface area (Å²) in [6, 6.07) is 0. The molecule has 0 aliphatic rings. The molecule has 0 heterocycles. The van der Waals surface area contributed by atoms with Crippen LogP contribution in [0.5, 0.6) is 0 Å². The van der Waals surface area contributed by atoms with Crippen molar-refractivity contribution in [2.24, 2.45) is 0 Å². The molecular formula is C6H14Nd. The summed E-state index contributed by atoms with van der Waals surface area (Å²) in [5.74, 6) is 0. The topological polar surface area (TPSA) is 0 Å². The minimum absolute atomic E-state index is 0.000772. The molecule has 0 nitrogen and oxygen atoms in total. The van der Waals surface area contributed by atoms with E-state index in [1.165, 1.54) is 12.8 Å². The Morgan fingerprint density at radius 3 is 1.71 bits per heavy atom. The van der Waals surface area contributed by atoms with E-state index in [1.54, 1.807) is 4.14 Å². The first-order chi connectivity index (χ1) is 3.41. The van der Waals surface area contributed by atoms with Gasteiger partial charge < -0.3 is 0 Å². The average Bonchev–Trinajstić information content (AvgIpc) is 1.69. The fraction of sp³-hybridized carbons (Fsp3) is 1.00. The molecular weight excluding hydrogens is 216 g/mol. The van der Waals surface area contributed by atoms with Gasteiger partial charge in [0.05, 0.1) is 0 Å². The summed E-state index contributed by atoms with van der Waals surface area (Å²) < 4.78 is 3.24. The van der Waals surface area contributed by atoms with Crippen molar-refractivity contribution in [1.82, 2.24) is 0 Å². The predicted octanol–water partition coefficient (Wildman–Crippen LogP) is 2.73. The zero-order valence-electron chi connectivity index (χ0n) is 5.33. The van der Waals surface area contributed by atoms with Crippen LogP contribution >= 0.6 is 0 Å². The van der Waals surface area contributed by atoms with Gasteiger partial charge in [0.25, 0.3) is 0 Å². The maximum atomic E-state index is 2.29. The molecule has 0 fully saturated rings. The Bertz CT molecular complexity index is 23.4. The van der Waals surface area contributed by atoms with E-state index in [4.69, 9.17) is 0 Å². The van der Waals surface area contributed by atoms with Crippen LogP contribution in [0.25, 0.3) is 0 Å². The number of hydrogen-bond acceptors (Lipinski definition) is 0. The van der Waals surface area contributed by atoms with Crippen LogP contribution in [-0.2, 0) is 0 Å². The van der Waals surface area contributed by atoms with E-state index in [0.29, 0.717) is 0 Å². The Morgan fingerprint density at radius 2 is 1.43 bits per heavy atom. The van der Waals surface area contributed by atoms with Crippen molar-refractivity contribution in [2.75, 3.05) is 0 Å². The zero-order valence-corrected chi connectivity index (χ0v) is 8.54. The Balaban J connectivity index is 2.45. The van der Waals surface area contributed by atoms with E-state index in [1.807, 2.05) is 0 Å². The molecule has 0 aliphatic carbocycles. The van der Waals surface area contributed by atoms with Gasteiger partial charge in [0.2, 0.25) is 0 Å². The quantitative estimate of drug-likeness (QED) is 0.652. The molecule has 0 saturated heterocycles. The second-order valence-electron chi connectivity index (χ2n) is 1.75. The summed E-state index contributed by atoms with van der Waals surface area (Å²) in [5.41, 5.74) is 0. The van der Waals surface area contributed by atoms with Gasteiger partial charge in [-0.15, -0.1) is 0 Å². The Hall–Kier alpha value is 1.35. The van der Waals surface area contributed by atoms with Crippen LogP contribution in [0.3, 0.4) is 0 Å². The zero-order chi connectivity index (χ0) is 5.54. The van der Waals surface area contributed by atoms with Gasteiger partial charge in [-0.05, 0) is 0 Å². The molecule has 0 aromatic rings. The molecule has 0 aliphatic heterocycles. The molecule has 0 saturated carbocycles. The van der Waals surface area contributed by atoms with Gasteiger partial charge in [-0.3, -0.25) is 0 Å². The fourth-order valence-electron chi connectivity index (χ4n) is 0.479. The first kappa shape index (κ1) is 8.35. The van der Waals surface area contributed by atoms with Crippen molar-refractivity contribution in [2.45, 2.75) is 30.8 Å². The molecule has 7 heavy (non-hydrogen) atoms. The van der Waals surface area contributed by atoms with E-state index in [9.17, 15) is 0 Å². The summed E-state index contributed by atoms with van der Waals surface area (Å²) in [6.45, 7) is 4.59. The summed E-state index contributed by atoms with van der Waals surface area (Å²) >= 11 is 0.000772. The van der Waals surface area contributed by atoms with Crippen LogP contribution in [-0.4, -0.2) is 0 Å².